The van der Waals surface area contributed by atoms with Crippen molar-refractivity contribution < 1.29 is 17.6 Å². The average Bonchev–Trinajstić information content (AvgIpc) is 2.36. The highest BCUT2D eigenvalue weighted by atomic mass is 19.4. The Bertz CT molecular complexity index is 567. The third kappa shape index (κ3) is 3.43. The molecule has 0 fully saturated rings. The molecule has 0 saturated carbocycles. The first kappa shape index (κ1) is 13.3. The molecule has 2 aromatic rings. The van der Waals surface area contributed by atoms with Crippen LogP contribution in [0, 0.1) is 5.95 Å². The number of nitrogens with one attached hydrogen (secondary N) is 1. The number of alkyl halides is 3. The zero-order chi connectivity index (χ0) is 13.9. The molecule has 100 valence electrons. The van der Waals surface area contributed by atoms with Gasteiger partial charge in [-0.1, -0.05) is 24.3 Å². The SMILES string of the molecule is Fc1cccc(NCc2ccccc2C(F)(F)F)n1. The van der Waals surface area contributed by atoms with Crippen molar-refractivity contribution in [2.24, 2.45) is 0 Å². The number of pyridine rings is 1. The van der Waals surface area contributed by atoms with E-state index in [2.05, 4.69) is 10.3 Å². The van der Waals surface area contributed by atoms with Crippen LogP contribution in [0.25, 0.3) is 0 Å². The molecular formula is C13H10F4N2. The van der Waals surface area contributed by atoms with Crippen LogP contribution in [0.2, 0.25) is 0 Å². The summed E-state index contributed by atoms with van der Waals surface area (Å²) in [5.74, 6) is -0.494. The summed E-state index contributed by atoms with van der Waals surface area (Å²) in [5, 5.41) is 2.66. The summed E-state index contributed by atoms with van der Waals surface area (Å²) in [4.78, 5) is 3.52. The van der Waals surface area contributed by atoms with Gasteiger partial charge in [-0.2, -0.15) is 17.6 Å². The Morgan fingerprint density at radius 3 is 2.42 bits per heavy atom. The number of halogens is 4. The van der Waals surface area contributed by atoms with Gasteiger partial charge in [0, 0.05) is 6.54 Å². The topological polar surface area (TPSA) is 24.9 Å². The van der Waals surface area contributed by atoms with Crippen molar-refractivity contribution in [1.82, 2.24) is 4.98 Å². The van der Waals surface area contributed by atoms with Crippen molar-refractivity contribution >= 4 is 5.82 Å². The Morgan fingerprint density at radius 2 is 1.74 bits per heavy atom. The number of nitrogens with zero attached hydrogens (tertiary/aromatic N) is 1. The summed E-state index contributed by atoms with van der Waals surface area (Å²) in [6.07, 6.45) is -4.41. The molecular weight excluding hydrogens is 260 g/mol. The standard InChI is InChI=1S/C13H10F4N2/c14-11-6-3-7-12(19-11)18-8-9-4-1-2-5-10(9)13(15,16)17/h1-7H,8H2,(H,18,19). The Balaban J connectivity index is 2.16. The summed E-state index contributed by atoms with van der Waals surface area (Å²) >= 11 is 0. The highest BCUT2D eigenvalue weighted by Gasteiger charge is 2.32. The summed E-state index contributed by atoms with van der Waals surface area (Å²) in [6, 6.07) is 9.30. The molecule has 0 aliphatic rings. The maximum Gasteiger partial charge on any atom is 0.416 e. The first-order chi connectivity index (χ1) is 8.97. The van der Waals surface area contributed by atoms with Gasteiger partial charge in [-0.05, 0) is 23.8 Å². The molecule has 19 heavy (non-hydrogen) atoms. The Labute approximate surface area is 107 Å². The van der Waals surface area contributed by atoms with Crippen LogP contribution >= 0.6 is 0 Å². The van der Waals surface area contributed by atoms with Gasteiger partial charge in [0.15, 0.2) is 0 Å². The summed E-state index contributed by atoms with van der Waals surface area (Å²) in [7, 11) is 0. The lowest BCUT2D eigenvalue weighted by Gasteiger charge is -2.13. The maximum atomic E-state index is 12.8. The highest BCUT2D eigenvalue weighted by Crippen LogP contribution is 2.32. The first-order valence-corrected chi connectivity index (χ1v) is 5.48. The second kappa shape index (κ2) is 5.26. The van der Waals surface area contributed by atoms with Crippen molar-refractivity contribution in [3.05, 3.63) is 59.5 Å². The van der Waals surface area contributed by atoms with E-state index in [0.29, 0.717) is 0 Å². The minimum atomic E-state index is -4.41. The lowest BCUT2D eigenvalue weighted by molar-refractivity contribution is -0.138. The Morgan fingerprint density at radius 1 is 1.00 bits per heavy atom. The Kier molecular flexibility index (Phi) is 3.69. The third-order valence-electron chi connectivity index (χ3n) is 2.50. The molecule has 0 amide bonds. The van der Waals surface area contributed by atoms with Crippen molar-refractivity contribution in [2.75, 3.05) is 5.32 Å². The van der Waals surface area contributed by atoms with E-state index in [1.807, 2.05) is 0 Å². The molecule has 2 nitrogen and oxygen atoms in total. The quantitative estimate of drug-likeness (QED) is 0.677. The minimum Gasteiger partial charge on any atom is -0.366 e. The van der Waals surface area contributed by atoms with Crippen LogP contribution in [0.5, 0.6) is 0 Å². The first-order valence-electron chi connectivity index (χ1n) is 5.48. The lowest BCUT2D eigenvalue weighted by Crippen LogP contribution is -2.12. The monoisotopic (exact) mass is 270 g/mol. The van der Waals surface area contributed by atoms with Gasteiger partial charge in [0.1, 0.15) is 5.82 Å². The van der Waals surface area contributed by atoms with E-state index in [4.69, 9.17) is 0 Å². The van der Waals surface area contributed by atoms with Crippen molar-refractivity contribution in [1.29, 1.82) is 0 Å². The van der Waals surface area contributed by atoms with E-state index in [-0.39, 0.29) is 17.9 Å². The smallest absolute Gasteiger partial charge is 0.366 e. The van der Waals surface area contributed by atoms with Gasteiger partial charge in [-0.3, -0.25) is 0 Å². The van der Waals surface area contributed by atoms with Gasteiger partial charge in [-0.15, -0.1) is 0 Å². The van der Waals surface area contributed by atoms with Crippen LogP contribution < -0.4 is 5.32 Å². The number of hydrogen-bond donors (Lipinski definition) is 1. The molecule has 1 aromatic heterocycles. The molecule has 0 spiro atoms. The average molecular weight is 270 g/mol. The fraction of sp³-hybridized carbons (Fsp3) is 0.154. The molecule has 6 heteroatoms. The van der Waals surface area contributed by atoms with Gasteiger partial charge in [0.25, 0.3) is 0 Å². The predicted molar refractivity (Wildman–Crippen MR) is 63.0 cm³/mol. The highest BCUT2D eigenvalue weighted by molar-refractivity contribution is 5.37. The molecule has 1 aromatic carbocycles. The van der Waals surface area contributed by atoms with Crippen LogP contribution in [0.4, 0.5) is 23.4 Å². The Hall–Kier alpha value is -2.11. The molecule has 0 saturated heterocycles. The van der Waals surface area contributed by atoms with Gasteiger partial charge < -0.3 is 5.32 Å². The molecule has 0 bridgehead atoms. The second-order valence-corrected chi connectivity index (χ2v) is 3.85. The number of aromatic nitrogens is 1. The van der Waals surface area contributed by atoms with Crippen LogP contribution in [0.3, 0.4) is 0 Å². The van der Waals surface area contributed by atoms with E-state index in [1.165, 1.54) is 30.3 Å². The number of hydrogen-bond acceptors (Lipinski definition) is 2. The number of rotatable bonds is 3. The fourth-order valence-corrected chi connectivity index (χ4v) is 1.64. The van der Waals surface area contributed by atoms with E-state index in [9.17, 15) is 17.6 Å². The minimum absolute atomic E-state index is 0.0772. The zero-order valence-corrected chi connectivity index (χ0v) is 9.71. The summed E-state index contributed by atoms with van der Waals surface area (Å²) < 4.78 is 51.0. The summed E-state index contributed by atoms with van der Waals surface area (Å²) in [5.41, 5.74) is -0.625. The van der Waals surface area contributed by atoms with Gasteiger partial charge in [0.2, 0.25) is 5.95 Å². The van der Waals surface area contributed by atoms with E-state index in [0.717, 1.165) is 12.1 Å². The van der Waals surface area contributed by atoms with Crippen LogP contribution in [-0.4, -0.2) is 4.98 Å². The fourth-order valence-electron chi connectivity index (χ4n) is 1.64. The van der Waals surface area contributed by atoms with Crippen molar-refractivity contribution in [3.63, 3.8) is 0 Å². The van der Waals surface area contributed by atoms with E-state index in [1.54, 1.807) is 0 Å². The van der Waals surface area contributed by atoms with Crippen LogP contribution in [-0.2, 0) is 12.7 Å². The third-order valence-corrected chi connectivity index (χ3v) is 2.50. The normalized spacial score (nSPS) is 11.4. The van der Waals surface area contributed by atoms with E-state index < -0.39 is 17.7 Å². The van der Waals surface area contributed by atoms with Crippen molar-refractivity contribution in [2.45, 2.75) is 12.7 Å². The zero-order valence-electron chi connectivity index (χ0n) is 9.71. The molecule has 2 rings (SSSR count). The predicted octanol–water partition coefficient (Wildman–Crippen LogP) is 3.85. The molecule has 0 aliphatic heterocycles. The van der Waals surface area contributed by atoms with Gasteiger partial charge in [-0.25, -0.2) is 4.98 Å². The molecule has 0 radical (unpaired) electrons. The van der Waals surface area contributed by atoms with Crippen LogP contribution in [0.15, 0.2) is 42.5 Å². The number of benzene rings is 1. The number of anilines is 1. The summed E-state index contributed by atoms with van der Waals surface area (Å²) in [6.45, 7) is -0.0772. The van der Waals surface area contributed by atoms with Crippen LogP contribution in [0.1, 0.15) is 11.1 Å². The largest absolute Gasteiger partial charge is 0.416 e. The van der Waals surface area contributed by atoms with Gasteiger partial charge >= 0.3 is 6.18 Å². The molecule has 0 aliphatic carbocycles. The second-order valence-electron chi connectivity index (χ2n) is 3.85. The van der Waals surface area contributed by atoms with Gasteiger partial charge in [0.05, 0.1) is 5.56 Å². The molecule has 0 unspecified atom stereocenters. The van der Waals surface area contributed by atoms with E-state index >= 15 is 0 Å². The lowest BCUT2D eigenvalue weighted by atomic mass is 10.1. The van der Waals surface area contributed by atoms with Crippen molar-refractivity contribution in [3.8, 4) is 0 Å². The molecule has 1 N–H and O–H groups in total. The molecule has 0 atom stereocenters. The molecule has 1 heterocycles. The maximum absolute atomic E-state index is 12.8.